The van der Waals surface area contributed by atoms with E-state index in [0.29, 0.717) is 45.6 Å². The number of halogens is 9. The summed E-state index contributed by atoms with van der Waals surface area (Å²) < 4.78 is 161. The third-order valence-electron chi connectivity index (χ3n) is 12.5. The molecule has 5 N–H and O–H groups in total. The number of hydrogen-bond donors (Lipinski definition) is 4. The Morgan fingerprint density at radius 3 is 1.65 bits per heavy atom. The van der Waals surface area contributed by atoms with Crippen molar-refractivity contribution in [1.82, 2.24) is 23.8 Å². The van der Waals surface area contributed by atoms with Gasteiger partial charge in [0.1, 0.15) is 27.7 Å². The Balaban J connectivity index is 0.000000323. The highest BCUT2D eigenvalue weighted by molar-refractivity contribution is 7.89. The second-order valence-electron chi connectivity index (χ2n) is 17.8. The average molecular weight is 1200 g/mol. The lowest BCUT2D eigenvalue weighted by atomic mass is 9.82. The first-order valence-corrected chi connectivity index (χ1v) is 26.2. The van der Waals surface area contributed by atoms with Gasteiger partial charge in [-0.3, -0.25) is 9.19 Å². The maximum absolute atomic E-state index is 14.6. The van der Waals surface area contributed by atoms with Crippen molar-refractivity contribution < 1.29 is 81.4 Å². The number of sulfonamides is 1. The van der Waals surface area contributed by atoms with E-state index in [0.717, 1.165) is 70.6 Å². The number of alkyl halides is 6. The molecule has 2 saturated carbocycles. The molecular weight excluding hydrogens is 1150 g/mol. The van der Waals surface area contributed by atoms with Crippen LogP contribution in [0.4, 0.5) is 35.1 Å². The molecule has 6 aromatic rings. The van der Waals surface area contributed by atoms with Gasteiger partial charge >= 0.3 is 31.4 Å². The largest absolute Gasteiger partial charge is 0.768 e. The molecule has 2 fully saturated rings. The Bertz CT molecular complexity index is 3180. The van der Waals surface area contributed by atoms with Gasteiger partial charge in [-0.2, -0.15) is 58.1 Å². The van der Waals surface area contributed by atoms with Crippen molar-refractivity contribution in [2.45, 2.75) is 125 Å². The summed E-state index contributed by atoms with van der Waals surface area (Å²) >= 11 is 3.20. The molecule has 0 amide bonds. The Hall–Kier alpha value is -4.85. The lowest BCUT2D eigenvalue weighted by Crippen LogP contribution is -2.42. The van der Waals surface area contributed by atoms with Gasteiger partial charge in [0.2, 0.25) is 10.0 Å². The summed E-state index contributed by atoms with van der Waals surface area (Å²) in [5.74, 6) is -2.35. The number of esters is 2. The lowest BCUT2D eigenvalue weighted by Gasteiger charge is -2.19. The van der Waals surface area contributed by atoms with Crippen molar-refractivity contribution in [3.8, 4) is 11.4 Å². The van der Waals surface area contributed by atoms with Crippen LogP contribution in [0.15, 0.2) is 70.7 Å². The van der Waals surface area contributed by atoms with Crippen LogP contribution in [0.25, 0.3) is 33.2 Å². The van der Waals surface area contributed by atoms with E-state index in [-0.39, 0.29) is 71.5 Å². The number of carbonyl (C=O) groups is 2. The third kappa shape index (κ3) is 16.0. The van der Waals surface area contributed by atoms with Crippen LogP contribution in [-0.2, 0) is 30.6 Å². The molecule has 16 nitrogen and oxygen atoms in total. The molecule has 78 heavy (non-hydrogen) atoms. The van der Waals surface area contributed by atoms with E-state index in [9.17, 15) is 71.9 Å². The number of nitrogens with one attached hydrogen (secondary N) is 1. The molecule has 8 rings (SSSR count). The normalized spacial score (nSPS) is 15.1. The maximum Gasteiger partial charge on any atom is 0.506 e. The van der Waals surface area contributed by atoms with E-state index in [2.05, 4.69) is 15.7 Å². The van der Waals surface area contributed by atoms with E-state index in [1.54, 1.807) is 35.3 Å². The third-order valence-corrected chi connectivity index (χ3v) is 14.9. The summed E-state index contributed by atoms with van der Waals surface area (Å²) in [7, 11) is -3.93. The Morgan fingerprint density at radius 1 is 0.795 bits per heavy atom. The van der Waals surface area contributed by atoms with Crippen molar-refractivity contribution in [3.05, 3.63) is 100.0 Å². The van der Waals surface area contributed by atoms with Gasteiger partial charge in [-0.15, -0.1) is 0 Å². The molecule has 4 heterocycles. The molecule has 3 atom stereocenters. The molecule has 0 aliphatic heterocycles. The molecule has 2 aliphatic carbocycles. The fourth-order valence-corrected chi connectivity index (χ4v) is 10.2. The molecule has 0 radical (unpaired) electrons. The highest BCUT2D eigenvalue weighted by Gasteiger charge is 2.40. The number of ether oxygens (including phenoxy) is 2. The summed E-state index contributed by atoms with van der Waals surface area (Å²) in [4.78, 5) is 32.5. The van der Waals surface area contributed by atoms with Gasteiger partial charge < -0.3 is 38.9 Å². The van der Waals surface area contributed by atoms with Crippen molar-refractivity contribution in [2.24, 2.45) is 5.73 Å². The smallest absolute Gasteiger partial charge is 0.506 e. The van der Waals surface area contributed by atoms with Crippen LogP contribution in [0.5, 0.6) is 0 Å². The zero-order chi connectivity index (χ0) is 56.8. The van der Waals surface area contributed by atoms with Gasteiger partial charge in [0, 0.05) is 45.7 Å². The van der Waals surface area contributed by atoms with E-state index < -0.39 is 81.1 Å². The number of aromatic nitrogens is 4. The average Bonchev–Trinajstić information content (AvgIpc) is 4.18. The van der Waals surface area contributed by atoms with Gasteiger partial charge in [-0.1, -0.05) is 37.3 Å². The summed E-state index contributed by atoms with van der Waals surface area (Å²) in [6.07, 6.45) is 0.579. The van der Waals surface area contributed by atoms with Gasteiger partial charge in [0.15, 0.2) is 0 Å². The first kappa shape index (κ1) is 67.4. The minimum absolute atomic E-state index is 0. The Labute approximate surface area is 465 Å². The molecule has 30 heteroatoms. The molecule has 2 aliphatic rings. The van der Waals surface area contributed by atoms with Gasteiger partial charge in [0.05, 0.1) is 53.9 Å². The predicted octanol–water partition coefficient (Wildman–Crippen LogP) is 9.05. The predicted molar refractivity (Wildman–Crippen MR) is 287 cm³/mol. The molecule has 430 valence electrons. The van der Waals surface area contributed by atoms with Crippen molar-refractivity contribution >= 4 is 106 Å². The second kappa shape index (κ2) is 28.0. The number of fused-ring (bicyclic) bond motifs is 2. The molecular formula is C48H57BClF8N6O10S4-. The number of pyridine rings is 2. The fraction of sp³-hybridized carbons (Fsp3) is 0.417. The summed E-state index contributed by atoms with van der Waals surface area (Å²) in [6.45, 7) is 4.86. The number of benzene rings is 2. The lowest BCUT2D eigenvalue weighted by molar-refractivity contribution is -0.147. The second-order valence-corrected chi connectivity index (χ2v) is 20.9. The monoisotopic (exact) mass is 1200 g/mol. The van der Waals surface area contributed by atoms with Crippen LogP contribution in [0.1, 0.15) is 109 Å². The van der Waals surface area contributed by atoms with Crippen LogP contribution in [0.3, 0.4) is 0 Å². The van der Waals surface area contributed by atoms with E-state index in [1.807, 2.05) is 4.57 Å². The summed E-state index contributed by atoms with van der Waals surface area (Å²) in [5, 5.41) is 20.7. The van der Waals surface area contributed by atoms with Gasteiger partial charge in [0.25, 0.3) is 0 Å². The molecule has 2 aromatic carbocycles. The molecule has 1 unspecified atom stereocenters. The maximum atomic E-state index is 14.6. The fourth-order valence-electron chi connectivity index (χ4n) is 8.62. The number of rotatable bonds is 10. The minimum atomic E-state index is -4.76. The van der Waals surface area contributed by atoms with Crippen LogP contribution in [0, 0.1) is 25.5 Å². The van der Waals surface area contributed by atoms with Gasteiger partial charge in [-0.25, -0.2) is 31.8 Å². The molecule has 0 spiro atoms. The van der Waals surface area contributed by atoms with Gasteiger partial charge in [-0.05, 0) is 124 Å². The number of carbonyl (C=O) groups excluding carboxylic acids is 2. The topological polar surface area (TPSA) is 241 Å². The Morgan fingerprint density at radius 2 is 1.26 bits per heavy atom. The zero-order valence-corrected chi connectivity index (χ0v) is 47.0. The van der Waals surface area contributed by atoms with E-state index >= 15 is 0 Å². The number of methoxy groups -OCH3 is 2. The summed E-state index contributed by atoms with van der Waals surface area (Å²) in [5.41, 5.74) is 7.30. The number of hydrogen-bond acceptors (Lipinski definition) is 13. The number of nitrogens with zero attached hydrogens (tertiary/aromatic N) is 4. The quantitative estimate of drug-likeness (QED) is 0.0329. The van der Waals surface area contributed by atoms with Crippen molar-refractivity contribution in [1.29, 1.82) is 0 Å². The number of nitrogens with two attached hydrogens (primary N) is 1. The zero-order valence-electron chi connectivity index (χ0n) is 42.6. The van der Waals surface area contributed by atoms with Crippen LogP contribution < -0.4 is 16.0 Å². The van der Waals surface area contributed by atoms with Crippen LogP contribution in [0.2, 0.25) is 5.15 Å². The minimum Gasteiger partial charge on any atom is -0.768 e. The summed E-state index contributed by atoms with van der Waals surface area (Å²) in [6, 6.07) is 7.17. The van der Waals surface area contributed by atoms with Crippen molar-refractivity contribution in [2.75, 3.05) is 14.2 Å². The van der Waals surface area contributed by atoms with E-state index in [4.69, 9.17) is 21.1 Å². The van der Waals surface area contributed by atoms with E-state index in [1.165, 1.54) is 50.7 Å². The van der Waals surface area contributed by atoms with Crippen molar-refractivity contribution in [3.63, 3.8) is 0 Å². The SMILES string of the molecule is COC(=O)c1c(-c2ccc(S(=O)(=O)N[C@@H](C)C(F)(F)F)cn2)n(C2CCCC2)c2cc(C)c(F)cc12.COC(=O)c1c(B(O)O)n(C2CCCC2)c2cc(C)c(F)cc12.C[C@H](N)C(F)(F)F.O=S([O-])c1ccc(Cl)nc1.S.S. The standard InChI is InChI=1S/C24H25F4N3O4S.C16H19BFNO4.C5H4ClNO2S.C3H6F3N.2H2S/c1-13-10-20-17(11-18(13)25)21(23(32)35-3)22(31(20)15-6-4-5-7-15)19-9-8-16(12-29-19)36(33,34)30-14(2)24(26,27)28;1-9-7-13-11(8-12(9)18)14(16(20)23-2)15(17(21)22)19(13)10-5-3-4-6-10;6-5-2-1-4(3-7-5)10(8)9;1-2(7)3(4,5)6;;/h8-12,14-15,30H,4-7H2,1-3H3;7-8,10,21-22H,3-6H2,1-2H3;1-3H,(H,8,9);2H,7H2,1H3;2*1H2/p-1/t14-;;;2-;;/m0..0../s1. The number of aryl methyl sites for hydroxylation is 2. The van der Waals surface area contributed by atoms with Crippen LogP contribution in [-0.4, -0.2) is 104 Å². The van der Waals surface area contributed by atoms with Crippen LogP contribution >= 0.6 is 38.6 Å². The molecule has 0 bridgehead atoms. The first-order valence-electron chi connectivity index (χ1n) is 23.2. The molecule has 4 aromatic heterocycles. The highest BCUT2D eigenvalue weighted by atomic mass is 35.5. The Kier molecular flexibility index (Phi) is 24.2. The molecule has 0 saturated heterocycles. The highest BCUT2D eigenvalue weighted by Crippen LogP contribution is 2.42. The first-order chi connectivity index (χ1) is 35.4.